The van der Waals surface area contributed by atoms with Crippen molar-refractivity contribution in [2.45, 2.75) is 265 Å². The average molecular weight is 1960 g/mol. The van der Waals surface area contributed by atoms with Gasteiger partial charge in [-0.15, -0.1) is 0 Å². The van der Waals surface area contributed by atoms with Gasteiger partial charge in [-0.05, 0) is 68.2 Å². The van der Waals surface area contributed by atoms with Crippen LogP contribution in [0, 0.1) is 58.2 Å². The number of ketones is 6. The van der Waals surface area contributed by atoms with Crippen LogP contribution in [0.5, 0.6) is 0 Å². The first kappa shape index (κ1) is 110. The van der Waals surface area contributed by atoms with E-state index in [-0.39, 0.29) is 31.5 Å². The standard InChI is InChI=1S/C13H14F2N2O3.C13H17F2NO4.C13H15F2NO4.C12H14F2N4O2.C12H15F2NO5.C11H13F2NO4.C10H11F2NO5/c1-3-12(7-16)8(2)13(14,15)11(20-12)17-5-4-9(18)6-10(17)19;2*1-3-12(7-17)8(2)13(14,15)11(20-12)16-5-4-9(18)6-10(16)19;1-3-11(6-15)7(2)12(13,14)9(20-11)18-5-4-8(16)17-10(18)19;1-7-11(5-16,6-17)20-10(12(7,13)14)15-3-2-8(18)4-9(15)19;1-6-8(5-15)18-10(11(6,12)13)14-3-2-7(16)4-9(14)17;11-10(12)8(17)6(4-14)18-9(10)13-2-1-5(15)3-7(13)16/h4-5,8,11H,3,6H2,1-2H3;4-5,8,11,17H,3,6-7H2,1-2H3;4-5,7-8,11H,3,6H2,1-2H3;4-5,7,9H,3H2,1-2H3,(H2,16,17,19);2-3,7,10,16-17H,4-6H2,1H3;2-3,6,8,10,15H,4-5H2,1H3;1-2,6,8-9,14,17H,3-4H2/t3*8-,11-,12+;7-,9-,11+;7-,10-;6-,8-,10-;6-,8-,9-/m1111111/s1. The van der Waals surface area contributed by atoms with Crippen LogP contribution in [0.1, 0.15) is 140 Å². The highest BCUT2D eigenvalue weighted by Gasteiger charge is 2.72. The third-order valence-electron chi connectivity index (χ3n) is 25.9. The van der Waals surface area contributed by atoms with E-state index in [4.69, 9.17) is 59.6 Å². The maximum atomic E-state index is 14.4. The van der Waals surface area contributed by atoms with E-state index >= 15 is 0 Å². The molecule has 7 fully saturated rings. The Hall–Kier alpha value is -10.9. The summed E-state index contributed by atoms with van der Waals surface area (Å²) in [6.07, 6.45) is -6.57. The number of alkyl halides is 14. The predicted molar refractivity (Wildman–Crippen MR) is 427 cm³/mol. The van der Waals surface area contributed by atoms with E-state index in [1.54, 1.807) is 39.8 Å². The van der Waals surface area contributed by atoms with Gasteiger partial charge < -0.3 is 74.3 Å². The van der Waals surface area contributed by atoms with Gasteiger partial charge in [0.1, 0.15) is 28.7 Å². The maximum absolute atomic E-state index is 14.4. The number of nitriles is 2. The molecule has 7 saturated heterocycles. The molecule has 14 heterocycles. The number of hydrogen-bond acceptors (Lipinski definition) is 31. The summed E-state index contributed by atoms with van der Waals surface area (Å²) in [6, 6.07) is 4.82. The third-order valence-corrected chi connectivity index (χ3v) is 25.9. The number of ether oxygens (including phenoxy) is 7. The summed E-state index contributed by atoms with van der Waals surface area (Å²) in [5, 5.41) is 73.3. The van der Waals surface area contributed by atoms with Crippen molar-refractivity contribution in [2.24, 2.45) is 35.5 Å². The minimum atomic E-state index is -3.71. The Morgan fingerprint density at radius 2 is 0.691 bits per heavy atom. The molecule has 0 unspecified atom stereocenters. The van der Waals surface area contributed by atoms with Crippen LogP contribution < -0.4 is 11.4 Å². The van der Waals surface area contributed by atoms with Gasteiger partial charge in [-0.2, -0.15) is 24.3 Å². The van der Waals surface area contributed by atoms with Crippen molar-refractivity contribution < 1.29 is 188 Å². The number of halogens is 14. The van der Waals surface area contributed by atoms with Crippen molar-refractivity contribution in [1.82, 2.24) is 39.0 Å². The Morgan fingerprint density at radius 1 is 0.397 bits per heavy atom. The number of rotatable bonds is 17. The van der Waals surface area contributed by atoms with Crippen LogP contribution >= 0.6 is 0 Å². The Bertz CT molecular complexity index is 4940. The van der Waals surface area contributed by atoms with Gasteiger partial charge in [0, 0.05) is 43.4 Å². The van der Waals surface area contributed by atoms with Crippen LogP contribution in [0.15, 0.2) is 90.7 Å². The van der Waals surface area contributed by atoms with Gasteiger partial charge >= 0.3 is 11.6 Å². The molecule has 13 aliphatic heterocycles. The number of aldehydes is 1. The van der Waals surface area contributed by atoms with E-state index < -0.39 is 314 Å². The number of anilines is 1. The van der Waals surface area contributed by atoms with E-state index in [9.17, 15) is 149 Å². The Balaban J connectivity index is 0.000000195. The maximum Gasteiger partial charge on any atom is 0.351 e. The zero-order valence-corrected chi connectivity index (χ0v) is 74.1. The Labute approximate surface area is 764 Å². The average Bonchev–Trinajstić information content (AvgIpc) is 1.59. The summed E-state index contributed by atoms with van der Waals surface area (Å²) >= 11 is 0. The number of amides is 6. The lowest BCUT2D eigenvalue weighted by Crippen LogP contribution is -2.50. The molecular formula is C84H99F14N11O27. The molecular weight excluding hydrogens is 1860 g/mol. The molecule has 14 rings (SSSR count). The molecule has 136 heavy (non-hydrogen) atoms. The van der Waals surface area contributed by atoms with Crippen LogP contribution in [0.2, 0.25) is 0 Å². The highest BCUT2D eigenvalue weighted by molar-refractivity contribution is 6.09. The first-order valence-electron chi connectivity index (χ1n) is 42.0. The van der Waals surface area contributed by atoms with Crippen molar-refractivity contribution in [3.05, 3.63) is 96.4 Å². The Kier molecular flexibility index (Phi) is 33.9. The topological polar surface area (TPSA) is 536 Å². The van der Waals surface area contributed by atoms with Crippen LogP contribution in [0.3, 0.4) is 0 Å². The summed E-state index contributed by atoms with van der Waals surface area (Å²) in [4.78, 5) is 167. The van der Waals surface area contributed by atoms with Crippen molar-refractivity contribution in [3.8, 4) is 12.1 Å². The molecule has 0 spiro atoms. The normalized spacial score (nSPS) is 34.9. The van der Waals surface area contributed by atoms with Gasteiger partial charge in [-0.25, -0.2) is 57.5 Å². The van der Waals surface area contributed by atoms with Crippen molar-refractivity contribution in [1.29, 1.82) is 10.5 Å². The van der Waals surface area contributed by atoms with E-state index in [0.29, 0.717) is 30.5 Å². The number of aliphatic hydroxyl groups excluding tert-OH is 6. The van der Waals surface area contributed by atoms with Crippen LogP contribution in [0.25, 0.3) is 0 Å². The molecule has 8 N–H and O–H groups in total. The lowest BCUT2D eigenvalue weighted by molar-refractivity contribution is -0.181. The lowest BCUT2D eigenvalue weighted by Gasteiger charge is -2.31. The molecule has 1 aromatic rings. The molecule has 0 radical (unpaired) electrons. The number of allylic oxidation sites excluding steroid dienone is 6. The predicted octanol–water partition coefficient (Wildman–Crippen LogP) is 4.20. The summed E-state index contributed by atoms with van der Waals surface area (Å²) in [6.45, 7) is 10.3. The summed E-state index contributed by atoms with van der Waals surface area (Å²) in [5.41, 5.74) is -3.72. The van der Waals surface area contributed by atoms with Crippen LogP contribution in [-0.2, 0) is 95.5 Å². The first-order valence-corrected chi connectivity index (χ1v) is 42.0. The molecule has 0 bridgehead atoms. The van der Waals surface area contributed by atoms with E-state index in [0.717, 1.165) is 96.6 Å². The molecule has 6 amide bonds. The van der Waals surface area contributed by atoms with Crippen molar-refractivity contribution >= 4 is 82.2 Å². The quantitative estimate of drug-likeness (QED) is 0.0652. The molecule has 750 valence electrons. The summed E-state index contributed by atoms with van der Waals surface area (Å²) < 4.78 is 235. The second-order valence-electron chi connectivity index (χ2n) is 33.5. The van der Waals surface area contributed by atoms with Gasteiger partial charge in [0.2, 0.25) is 79.0 Å². The number of nitrogens with zero attached hydrogens (tertiary/aromatic N) is 10. The molecule has 0 saturated carbocycles. The monoisotopic (exact) mass is 1960 g/mol. The summed E-state index contributed by atoms with van der Waals surface area (Å²) in [5.74, 6) is -39.2. The zero-order chi connectivity index (χ0) is 103. The smallest absolute Gasteiger partial charge is 0.351 e. The fraction of sp³-hybridized carbons (Fsp3) is 0.631. The van der Waals surface area contributed by atoms with Gasteiger partial charge in [0.05, 0.1) is 125 Å². The minimum Gasteiger partial charge on any atom is -0.394 e. The molecule has 38 nitrogen and oxygen atoms in total. The van der Waals surface area contributed by atoms with Crippen molar-refractivity contribution in [2.75, 3.05) is 38.8 Å². The lowest BCUT2D eigenvalue weighted by atomic mass is 9.85. The number of aliphatic hydroxyl groups is 6. The molecule has 0 aliphatic carbocycles. The second-order valence-corrected chi connectivity index (χ2v) is 33.5. The number of aromatic nitrogens is 2. The number of carbonyl (C=O) groups is 13. The number of carbonyl (C=O) groups excluding carboxylic acids is 13. The van der Waals surface area contributed by atoms with Crippen molar-refractivity contribution in [3.63, 3.8) is 0 Å². The number of nitrogens with two attached hydrogens (primary N) is 1. The minimum absolute atomic E-state index is 0.0670. The SMILES string of the molecule is CC[C@@]1(C#N)O[C@@H](N2C=CC(=O)CC2=O)C(F)(F)[C@@H]1C.CC[C@@]1(C#N)O[C@@H](n2ccc(N)nc2=O)C(F)(F)[C@@H]1C.CC[C@@]1(C=O)O[C@@H](N2C=CC(=O)CC2=O)C(F)(F)[C@@H]1C.CC[C@@]1(CO)O[C@@H](N2C=CC(=O)CC2=O)C(F)(F)[C@@H]1C.C[C@@H]1C(CO)(CO)O[C@@H](N2C=CC(=O)CC2=O)C1(F)F.C[C@@H]1[C@@H](CO)O[C@@H](N2C=CC(=O)CC2=O)C1(F)F.O=C1C=CN([C@@H]2O[C@H](CO)[C@@H](O)C2(F)F)C(=O)C1. The van der Waals surface area contributed by atoms with E-state index in [1.165, 1.54) is 40.7 Å². The van der Waals surface area contributed by atoms with Gasteiger partial charge in [0.25, 0.3) is 35.5 Å². The highest BCUT2D eigenvalue weighted by atomic mass is 19.3. The van der Waals surface area contributed by atoms with E-state index in [1.807, 2.05) is 0 Å². The summed E-state index contributed by atoms with van der Waals surface area (Å²) in [7, 11) is 0. The van der Waals surface area contributed by atoms with Gasteiger partial charge in [0.15, 0.2) is 58.3 Å². The fourth-order valence-corrected chi connectivity index (χ4v) is 16.3. The van der Waals surface area contributed by atoms with Gasteiger partial charge in [-0.3, -0.25) is 91.5 Å². The third kappa shape index (κ3) is 20.8. The number of hydrogen-bond donors (Lipinski definition) is 7. The highest BCUT2D eigenvalue weighted by Crippen LogP contribution is 2.56. The molecule has 13 aliphatic rings. The molecule has 0 aromatic carbocycles. The molecule has 52 heteroatoms. The zero-order valence-electron chi connectivity index (χ0n) is 74.1. The van der Waals surface area contributed by atoms with Crippen LogP contribution in [-0.4, -0.2) is 304 Å². The second kappa shape index (κ2) is 41.8. The Morgan fingerprint density at radius 3 is 0.956 bits per heavy atom. The fourth-order valence-electron chi connectivity index (χ4n) is 16.3. The molecule has 1 aromatic heterocycles. The number of nitrogen functional groups attached to an aromatic ring is 1. The molecule has 20 atom stereocenters. The van der Waals surface area contributed by atoms with E-state index in [2.05, 4.69) is 4.98 Å². The largest absolute Gasteiger partial charge is 0.394 e. The van der Waals surface area contributed by atoms with Gasteiger partial charge in [-0.1, -0.05) is 69.2 Å². The first-order chi connectivity index (χ1) is 63.2. The van der Waals surface area contributed by atoms with Crippen LogP contribution in [0.4, 0.5) is 67.3 Å².